The van der Waals surface area contributed by atoms with E-state index in [0.717, 1.165) is 36.2 Å². The molecule has 1 aliphatic carbocycles. The molecule has 1 aliphatic heterocycles. The molecule has 2 amide bonds. The zero-order chi connectivity index (χ0) is 26.8. The number of aromatic nitrogens is 3. The lowest BCUT2D eigenvalue weighted by Gasteiger charge is -2.35. The minimum atomic E-state index is -0.927. The van der Waals surface area contributed by atoms with Crippen LogP contribution >= 0.6 is 22.9 Å². The molecule has 3 heterocycles. The maximum absolute atomic E-state index is 14.8. The lowest BCUT2D eigenvalue weighted by Crippen LogP contribution is -2.54. The van der Waals surface area contributed by atoms with Gasteiger partial charge >= 0.3 is 0 Å². The Morgan fingerprint density at radius 1 is 1.18 bits per heavy atom. The largest absolute Gasteiger partial charge is 0.425 e. The summed E-state index contributed by atoms with van der Waals surface area (Å²) in [6, 6.07) is 5.53. The number of nitrogens with zero attached hydrogens (tertiary/aromatic N) is 4. The quantitative estimate of drug-likeness (QED) is 0.439. The molecule has 1 saturated carbocycles. The van der Waals surface area contributed by atoms with Gasteiger partial charge in [-0.05, 0) is 50.1 Å². The molecule has 1 fully saturated rings. The number of fused-ring (bicyclic) bond motifs is 1. The summed E-state index contributed by atoms with van der Waals surface area (Å²) < 4.78 is 20.4. The fraction of sp³-hybridized carbons (Fsp3) is 0.423. The summed E-state index contributed by atoms with van der Waals surface area (Å²) in [6.45, 7) is 3.38. The van der Waals surface area contributed by atoms with E-state index in [0.29, 0.717) is 46.6 Å². The van der Waals surface area contributed by atoms with Gasteiger partial charge in [0.05, 0.1) is 11.7 Å². The standard InChI is InChI=1S/C26H28ClFN6O3S/c1-14-32-33-25(37-14)16-5-8-19(29-23(35)18(28)11-15-3-6-17(27)7-4-15)21(12-16)30-24(36)26-31-20-9-10-34(2)13-22(20)38-26/h3-4,6-7,11,16,19,21H,5,8-10,12-13H2,1-2H3,(H,29,35)(H,30,36)/b18-11+/t16-,19-,21+/m0/s1. The first-order chi connectivity index (χ1) is 18.2. The maximum Gasteiger partial charge on any atom is 0.280 e. The van der Waals surface area contributed by atoms with Gasteiger partial charge in [0.15, 0.2) is 10.8 Å². The smallest absolute Gasteiger partial charge is 0.280 e. The summed E-state index contributed by atoms with van der Waals surface area (Å²) in [7, 11) is 2.04. The first-order valence-corrected chi connectivity index (χ1v) is 13.7. The van der Waals surface area contributed by atoms with Crippen LogP contribution in [0.2, 0.25) is 5.02 Å². The molecule has 38 heavy (non-hydrogen) atoms. The molecule has 3 atom stereocenters. The molecule has 12 heteroatoms. The maximum atomic E-state index is 14.8. The molecule has 3 aromatic rings. The normalized spacial score (nSPS) is 22.1. The van der Waals surface area contributed by atoms with Crippen molar-refractivity contribution in [2.24, 2.45) is 0 Å². The number of aryl methyl sites for hydroxylation is 1. The van der Waals surface area contributed by atoms with Crippen molar-refractivity contribution in [2.45, 2.75) is 57.2 Å². The average molecular weight is 559 g/mol. The highest BCUT2D eigenvalue weighted by Crippen LogP contribution is 2.33. The molecule has 2 aromatic heterocycles. The van der Waals surface area contributed by atoms with Gasteiger partial charge in [-0.2, -0.15) is 0 Å². The third-order valence-electron chi connectivity index (χ3n) is 6.87. The number of hydrogen-bond acceptors (Lipinski definition) is 8. The van der Waals surface area contributed by atoms with Crippen molar-refractivity contribution in [1.82, 2.24) is 30.7 Å². The van der Waals surface area contributed by atoms with Gasteiger partial charge in [0.2, 0.25) is 11.8 Å². The molecular weight excluding hydrogens is 531 g/mol. The number of carbonyl (C=O) groups excluding carboxylic acids is 2. The molecule has 5 rings (SSSR count). The van der Waals surface area contributed by atoms with Crippen LogP contribution < -0.4 is 10.6 Å². The van der Waals surface area contributed by atoms with Crippen molar-refractivity contribution in [2.75, 3.05) is 13.6 Å². The lowest BCUT2D eigenvalue weighted by molar-refractivity contribution is -0.119. The Bertz CT molecular complexity index is 1360. The van der Waals surface area contributed by atoms with Crippen molar-refractivity contribution in [3.63, 3.8) is 0 Å². The molecule has 0 unspecified atom stereocenters. The van der Waals surface area contributed by atoms with Gasteiger partial charge in [0.1, 0.15) is 0 Å². The fourth-order valence-corrected chi connectivity index (χ4v) is 6.08. The van der Waals surface area contributed by atoms with Gasteiger partial charge in [-0.15, -0.1) is 21.5 Å². The Balaban J connectivity index is 1.32. The van der Waals surface area contributed by atoms with Gasteiger partial charge in [0, 0.05) is 48.3 Å². The molecule has 1 aromatic carbocycles. The van der Waals surface area contributed by atoms with E-state index < -0.39 is 23.8 Å². The van der Waals surface area contributed by atoms with Crippen molar-refractivity contribution >= 4 is 40.8 Å². The predicted octanol–water partition coefficient (Wildman–Crippen LogP) is 4.04. The van der Waals surface area contributed by atoms with Crippen LogP contribution in [0.5, 0.6) is 0 Å². The van der Waals surface area contributed by atoms with E-state index >= 15 is 0 Å². The number of likely N-dealkylation sites (N-methyl/N-ethyl adjacent to an activating group) is 1. The van der Waals surface area contributed by atoms with E-state index in [9.17, 15) is 14.0 Å². The number of halogens is 2. The van der Waals surface area contributed by atoms with Crippen LogP contribution in [-0.2, 0) is 17.8 Å². The SMILES string of the molecule is Cc1nnc([C@H]2CC[C@H](NC(=O)/C(F)=C\c3ccc(Cl)cc3)[C@H](NC(=O)c3nc4c(s3)CN(C)CC4)C2)o1. The highest BCUT2D eigenvalue weighted by molar-refractivity contribution is 7.13. The topological polar surface area (TPSA) is 113 Å². The van der Waals surface area contributed by atoms with Crippen LogP contribution in [0.1, 0.15) is 62.9 Å². The first-order valence-electron chi connectivity index (χ1n) is 12.5. The van der Waals surface area contributed by atoms with E-state index in [1.807, 2.05) is 7.05 Å². The van der Waals surface area contributed by atoms with Crippen LogP contribution in [0.4, 0.5) is 4.39 Å². The second-order valence-electron chi connectivity index (χ2n) is 9.75. The van der Waals surface area contributed by atoms with Gasteiger partial charge < -0.3 is 20.0 Å². The summed E-state index contributed by atoms with van der Waals surface area (Å²) in [6.07, 6.45) is 3.54. The van der Waals surface area contributed by atoms with E-state index in [-0.39, 0.29) is 11.8 Å². The van der Waals surface area contributed by atoms with E-state index in [4.69, 9.17) is 16.0 Å². The van der Waals surface area contributed by atoms with Crippen molar-refractivity contribution in [3.8, 4) is 0 Å². The lowest BCUT2D eigenvalue weighted by atomic mass is 9.82. The van der Waals surface area contributed by atoms with Gasteiger partial charge in [-0.1, -0.05) is 23.7 Å². The molecule has 200 valence electrons. The number of carbonyl (C=O) groups is 2. The van der Waals surface area contributed by atoms with Gasteiger partial charge in [-0.3, -0.25) is 9.59 Å². The Kier molecular flexibility index (Phi) is 7.87. The van der Waals surface area contributed by atoms with Gasteiger partial charge in [0.25, 0.3) is 11.8 Å². The van der Waals surface area contributed by atoms with Crippen molar-refractivity contribution < 1.29 is 18.4 Å². The molecule has 0 spiro atoms. The van der Waals surface area contributed by atoms with E-state index in [1.54, 1.807) is 31.2 Å². The fourth-order valence-electron chi connectivity index (χ4n) is 4.86. The number of thiazole rings is 1. The summed E-state index contributed by atoms with van der Waals surface area (Å²) in [4.78, 5) is 33.9. The second kappa shape index (κ2) is 11.3. The average Bonchev–Trinajstić information content (AvgIpc) is 3.52. The zero-order valence-corrected chi connectivity index (χ0v) is 22.6. The minimum Gasteiger partial charge on any atom is -0.425 e. The summed E-state index contributed by atoms with van der Waals surface area (Å²) in [5.74, 6) is -1.22. The Hall–Kier alpha value is -3.15. The molecule has 9 nitrogen and oxygen atoms in total. The van der Waals surface area contributed by atoms with Crippen LogP contribution in [0.15, 0.2) is 34.5 Å². The minimum absolute atomic E-state index is 0.0951. The first kappa shape index (κ1) is 26.5. The molecule has 0 bridgehead atoms. The molecular formula is C26H28ClFN6O3S. The number of benzene rings is 1. The molecule has 0 radical (unpaired) electrons. The predicted molar refractivity (Wildman–Crippen MR) is 142 cm³/mol. The third kappa shape index (κ3) is 6.11. The van der Waals surface area contributed by atoms with Crippen LogP contribution in [0, 0.1) is 6.92 Å². The molecule has 0 saturated heterocycles. The highest BCUT2D eigenvalue weighted by atomic mass is 35.5. The number of hydrogen-bond donors (Lipinski definition) is 2. The molecule has 2 N–H and O–H groups in total. The Morgan fingerprint density at radius 2 is 1.97 bits per heavy atom. The number of nitrogens with one attached hydrogen (secondary N) is 2. The van der Waals surface area contributed by atoms with Crippen LogP contribution in [0.3, 0.4) is 0 Å². The van der Waals surface area contributed by atoms with E-state index in [1.165, 1.54) is 11.3 Å². The van der Waals surface area contributed by atoms with Crippen molar-refractivity contribution in [3.05, 3.63) is 68.0 Å². The van der Waals surface area contributed by atoms with Gasteiger partial charge in [-0.25, -0.2) is 9.37 Å². The highest BCUT2D eigenvalue weighted by Gasteiger charge is 2.36. The Morgan fingerprint density at radius 3 is 2.71 bits per heavy atom. The monoisotopic (exact) mass is 558 g/mol. The van der Waals surface area contributed by atoms with Crippen LogP contribution in [-0.4, -0.2) is 57.6 Å². The van der Waals surface area contributed by atoms with E-state index in [2.05, 4.69) is 30.7 Å². The van der Waals surface area contributed by atoms with Crippen molar-refractivity contribution in [1.29, 1.82) is 0 Å². The zero-order valence-electron chi connectivity index (χ0n) is 21.0. The second-order valence-corrected chi connectivity index (χ2v) is 11.3. The Labute approximate surface area is 228 Å². The van der Waals surface area contributed by atoms with Crippen LogP contribution in [0.25, 0.3) is 6.08 Å². The summed E-state index contributed by atoms with van der Waals surface area (Å²) in [5.41, 5.74) is 1.47. The third-order valence-corrected chi connectivity index (χ3v) is 8.20. The number of rotatable bonds is 6. The number of amides is 2. The summed E-state index contributed by atoms with van der Waals surface area (Å²) in [5, 5.41) is 14.8. The molecule has 2 aliphatic rings. The summed E-state index contributed by atoms with van der Waals surface area (Å²) >= 11 is 7.27.